The molecule has 0 radical (unpaired) electrons. The summed E-state index contributed by atoms with van der Waals surface area (Å²) in [5, 5.41) is 9.94. The van der Waals surface area contributed by atoms with Crippen LogP contribution >= 0.6 is 0 Å². The molecule has 2 saturated heterocycles. The van der Waals surface area contributed by atoms with Gasteiger partial charge in [0.2, 0.25) is 0 Å². The van der Waals surface area contributed by atoms with Crippen molar-refractivity contribution in [2.24, 2.45) is 5.10 Å². The van der Waals surface area contributed by atoms with Crippen LogP contribution in [0.2, 0.25) is 0 Å². The van der Waals surface area contributed by atoms with E-state index in [-0.39, 0.29) is 36.6 Å². The molecule has 1 aromatic rings. The number of halogens is 1. The smallest absolute Gasteiger partial charge is 0.310 e. The van der Waals surface area contributed by atoms with Gasteiger partial charge in [0.25, 0.3) is 5.91 Å². The fourth-order valence-electron chi connectivity index (χ4n) is 4.21. The Hall–Kier alpha value is -2.52. The number of rotatable bonds is 3. The summed E-state index contributed by atoms with van der Waals surface area (Å²) in [4.78, 5) is 31.2. The summed E-state index contributed by atoms with van der Waals surface area (Å²) in [5.41, 5.74) is 1.63. The predicted octanol–water partition coefficient (Wildman–Crippen LogP) is 1.20. The van der Waals surface area contributed by atoms with E-state index in [4.69, 9.17) is 0 Å². The van der Waals surface area contributed by atoms with Crippen molar-refractivity contribution in [1.29, 1.82) is 0 Å². The van der Waals surface area contributed by atoms with Gasteiger partial charge in [-0.25, -0.2) is 14.1 Å². The molecule has 0 bridgehead atoms. The maximum absolute atomic E-state index is 13.4. The molecule has 3 aliphatic heterocycles. The average molecular weight is 388 g/mol. The molecule has 0 aliphatic carbocycles. The van der Waals surface area contributed by atoms with Crippen LogP contribution in [0.1, 0.15) is 26.3 Å². The zero-order chi connectivity index (χ0) is 20.2. The molecule has 1 aromatic carbocycles. The fourth-order valence-corrected chi connectivity index (χ4v) is 4.21. The van der Waals surface area contributed by atoms with Gasteiger partial charge in [0.1, 0.15) is 18.0 Å². The Kier molecular flexibility index (Phi) is 4.59. The van der Waals surface area contributed by atoms with E-state index in [1.807, 2.05) is 25.8 Å². The minimum absolute atomic E-state index is 0.0338. The zero-order valence-electron chi connectivity index (χ0n) is 16.5. The van der Waals surface area contributed by atoms with Gasteiger partial charge in [-0.05, 0) is 38.5 Å². The molecule has 8 nitrogen and oxygen atoms in total. The second-order valence-corrected chi connectivity index (χ2v) is 7.49. The van der Waals surface area contributed by atoms with E-state index in [1.165, 1.54) is 17.0 Å². The number of amides is 3. The van der Waals surface area contributed by atoms with Crippen molar-refractivity contribution in [3.05, 3.63) is 35.6 Å². The molecule has 0 spiro atoms. The van der Waals surface area contributed by atoms with Crippen LogP contribution in [0.3, 0.4) is 0 Å². The quantitative estimate of drug-likeness (QED) is 0.843. The summed E-state index contributed by atoms with van der Waals surface area (Å²) in [6, 6.07) is 4.94. The summed E-state index contributed by atoms with van der Waals surface area (Å²) >= 11 is 0. The van der Waals surface area contributed by atoms with Crippen molar-refractivity contribution in [3.63, 3.8) is 0 Å². The Morgan fingerprint density at radius 2 is 1.89 bits per heavy atom. The number of carbonyl (C=O) groups is 2. The molecule has 0 aromatic heterocycles. The highest BCUT2D eigenvalue weighted by atomic mass is 19.1. The lowest BCUT2D eigenvalue weighted by molar-refractivity contribution is -0.140. The number of likely N-dealkylation sites (N-methyl/N-ethyl adjacent to an activating group) is 1. The van der Waals surface area contributed by atoms with Crippen molar-refractivity contribution < 1.29 is 14.0 Å². The first-order chi connectivity index (χ1) is 13.3. The Labute approximate surface area is 163 Å². The Morgan fingerprint density at radius 3 is 2.54 bits per heavy atom. The van der Waals surface area contributed by atoms with Crippen LogP contribution in [-0.2, 0) is 11.3 Å². The number of fused-ring (bicyclic) bond motifs is 3. The van der Waals surface area contributed by atoms with Crippen molar-refractivity contribution in [1.82, 2.24) is 25.0 Å². The number of carbonyl (C=O) groups excluding carboxylic acids is 2. The third kappa shape index (κ3) is 2.77. The number of urea groups is 1. The first-order valence-electron chi connectivity index (χ1n) is 9.51. The van der Waals surface area contributed by atoms with Crippen LogP contribution in [-0.4, -0.2) is 75.5 Å². The zero-order valence-corrected chi connectivity index (χ0v) is 16.5. The monoisotopic (exact) mass is 388 g/mol. The van der Waals surface area contributed by atoms with Crippen LogP contribution < -0.4 is 5.32 Å². The lowest BCUT2D eigenvalue weighted by Gasteiger charge is -2.44. The molecule has 28 heavy (non-hydrogen) atoms. The summed E-state index contributed by atoms with van der Waals surface area (Å²) in [7, 11) is 1.70. The number of hydrogen-bond donors (Lipinski definition) is 1. The minimum Gasteiger partial charge on any atom is -0.310 e. The molecule has 1 N–H and O–H groups in total. The molecular formula is C19H25FN6O2. The van der Waals surface area contributed by atoms with Crippen molar-refractivity contribution in [2.45, 2.75) is 51.9 Å². The van der Waals surface area contributed by atoms with Gasteiger partial charge in [-0.1, -0.05) is 12.1 Å². The average Bonchev–Trinajstić information content (AvgIpc) is 3.09. The number of benzene rings is 1. The number of hydrazone groups is 1. The van der Waals surface area contributed by atoms with E-state index in [0.29, 0.717) is 12.1 Å². The highest BCUT2D eigenvalue weighted by Crippen LogP contribution is 2.33. The van der Waals surface area contributed by atoms with E-state index in [9.17, 15) is 14.0 Å². The van der Waals surface area contributed by atoms with Crippen molar-refractivity contribution >= 4 is 17.6 Å². The Morgan fingerprint density at radius 1 is 1.21 bits per heavy atom. The first kappa shape index (κ1) is 18.8. The summed E-state index contributed by atoms with van der Waals surface area (Å²) in [5.74, 6) is -0.596. The molecule has 0 saturated carbocycles. The molecule has 150 valence electrons. The van der Waals surface area contributed by atoms with E-state index in [0.717, 1.165) is 5.71 Å². The van der Waals surface area contributed by atoms with Crippen LogP contribution in [0.4, 0.5) is 9.18 Å². The van der Waals surface area contributed by atoms with E-state index in [2.05, 4.69) is 15.3 Å². The first-order valence-corrected chi connectivity index (χ1v) is 9.51. The maximum Gasteiger partial charge on any atom is 0.328 e. The Balaban J connectivity index is 1.66. The van der Waals surface area contributed by atoms with Crippen LogP contribution in [0.25, 0.3) is 0 Å². The van der Waals surface area contributed by atoms with Gasteiger partial charge >= 0.3 is 6.03 Å². The second-order valence-electron chi connectivity index (χ2n) is 7.49. The third-order valence-electron chi connectivity index (χ3n) is 5.89. The molecule has 4 atom stereocenters. The van der Waals surface area contributed by atoms with Gasteiger partial charge in [-0.2, -0.15) is 5.10 Å². The largest absolute Gasteiger partial charge is 0.328 e. The topological polar surface area (TPSA) is 71.5 Å². The molecule has 3 heterocycles. The highest BCUT2D eigenvalue weighted by Gasteiger charge is 2.57. The van der Waals surface area contributed by atoms with Crippen LogP contribution in [0.5, 0.6) is 0 Å². The normalized spacial score (nSPS) is 30.5. The number of imide groups is 1. The van der Waals surface area contributed by atoms with Gasteiger partial charge in [0, 0.05) is 13.6 Å². The number of nitrogens with zero attached hydrogens (tertiary/aromatic N) is 5. The summed E-state index contributed by atoms with van der Waals surface area (Å²) < 4.78 is 13.2. The molecule has 3 aliphatic rings. The maximum atomic E-state index is 13.4. The van der Waals surface area contributed by atoms with Gasteiger partial charge in [-0.3, -0.25) is 20.0 Å². The molecule has 9 heteroatoms. The minimum atomic E-state index is -0.511. The lowest BCUT2D eigenvalue weighted by atomic mass is 10.0. The molecule has 4 rings (SSSR count). The highest BCUT2D eigenvalue weighted by molar-refractivity contribution is 6.01. The van der Waals surface area contributed by atoms with Gasteiger partial charge in [-0.15, -0.1) is 0 Å². The summed E-state index contributed by atoms with van der Waals surface area (Å²) in [6.45, 7) is 6.78. The molecular weight excluding hydrogens is 363 g/mol. The van der Waals surface area contributed by atoms with Gasteiger partial charge in [0.05, 0.1) is 18.3 Å². The third-order valence-corrected chi connectivity index (χ3v) is 5.89. The predicted molar refractivity (Wildman–Crippen MR) is 101 cm³/mol. The van der Waals surface area contributed by atoms with Crippen LogP contribution in [0.15, 0.2) is 29.4 Å². The Bertz CT molecular complexity index is 828. The molecule has 2 fully saturated rings. The standard InChI is InChI=1S/C19H25FN6O2/c1-5-25-18-21-16-15(26(18)12(3)11(2)22-25)17(27)24(19(28)23(16)4)10-13-6-8-14(20)9-7-13/h6-9,12,15-16,18,21H,5,10H2,1-4H3. The van der Waals surface area contributed by atoms with E-state index >= 15 is 0 Å². The second kappa shape index (κ2) is 6.82. The van der Waals surface area contributed by atoms with E-state index in [1.54, 1.807) is 24.1 Å². The van der Waals surface area contributed by atoms with Gasteiger partial charge in [0.15, 0.2) is 6.29 Å². The fraction of sp³-hybridized carbons (Fsp3) is 0.526. The molecule has 4 unspecified atom stereocenters. The number of nitrogens with one attached hydrogen (secondary N) is 1. The SMILES string of the molecule is CCN1N=C(C)C(C)N2C3C(=O)N(Cc4ccc(F)cc4)C(=O)N(C)C3NC12. The summed E-state index contributed by atoms with van der Waals surface area (Å²) in [6.07, 6.45) is -0.671. The lowest BCUT2D eigenvalue weighted by Crippen LogP contribution is -2.67. The van der Waals surface area contributed by atoms with E-state index < -0.39 is 12.2 Å². The molecule has 3 amide bonds. The van der Waals surface area contributed by atoms with Gasteiger partial charge < -0.3 is 4.90 Å². The van der Waals surface area contributed by atoms with Crippen molar-refractivity contribution in [2.75, 3.05) is 13.6 Å². The van der Waals surface area contributed by atoms with Crippen LogP contribution in [0, 0.1) is 5.82 Å². The number of hydrogen-bond acceptors (Lipinski definition) is 6. The van der Waals surface area contributed by atoms with Crippen molar-refractivity contribution in [3.8, 4) is 0 Å².